The molecule has 1 fully saturated rings. The first-order valence-electron chi connectivity index (χ1n) is 8.64. The van der Waals surface area contributed by atoms with Crippen LogP contribution in [0.25, 0.3) is 0 Å². The molecular weight excluding hydrogens is 340 g/mol. The van der Waals surface area contributed by atoms with Crippen molar-refractivity contribution in [3.8, 4) is 0 Å². The minimum Gasteiger partial charge on any atom is -0.376 e. The van der Waals surface area contributed by atoms with Gasteiger partial charge in [-0.1, -0.05) is 36.0 Å². The van der Waals surface area contributed by atoms with Crippen LogP contribution in [0.3, 0.4) is 0 Å². The van der Waals surface area contributed by atoms with Crippen LogP contribution in [0, 0.1) is 6.92 Å². The molecule has 3 rings (SSSR count). The smallest absolute Gasteiger partial charge is 0.255 e. The van der Waals surface area contributed by atoms with Crippen LogP contribution in [-0.2, 0) is 6.54 Å². The zero-order valence-corrected chi connectivity index (χ0v) is 15.3. The lowest BCUT2D eigenvalue weighted by Crippen LogP contribution is -2.38. The lowest BCUT2D eigenvalue weighted by Gasteiger charge is -2.31. The highest BCUT2D eigenvalue weighted by Crippen LogP contribution is 2.26. The summed E-state index contributed by atoms with van der Waals surface area (Å²) < 4.78 is 5.06. The molecule has 1 heterocycles. The van der Waals surface area contributed by atoms with Crippen LogP contribution in [-0.4, -0.2) is 34.0 Å². The Bertz CT molecular complexity index is 740. The van der Waals surface area contributed by atoms with Gasteiger partial charge in [-0.3, -0.25) is 4.79 Å². The second kappa shape index (κ2) is 7.87. The van der Waals surface area contributed by atoms with Gasteiger partial charge in [-0.15, -0.1) is 0 Å². The number of hydrogen-bond acceptors (Lipinski definition) is 5. The maximum absolute atomic E-state index is 12.7. The Hall–Kier alpha value is -2.08. The van der Waals surface area contributed by atoms with Crippen LogP contribution < -0.4 is 5.32 Å². The first kappa shape index (κ1) is 17.7. The number of carbonyl (C=O) groups excluding carboxylic acids is 1. The molecule has 0 bridgehead atoms. The zero-order chi connectivity index (χ0) is 17.8. The van der Waals surface area contributed by atoms with Crippen LogP contribution in [0.4, 0.5) is 5.69 Å². The number of aryl methyl sites for hydroxylation is 1. The third kappa shape index (κ3) is 4.31. The molecule has 0 saturated heterocycles. The second-order valence-electron chi connectivity index (χ2n) is 6.49. The topological polar surface area (TPSA) is 71.3 Å². The van der Waals surface area contributed by atoms with Crippen molar-refractivity contribution in [1.29, 1.82) is 0 Å². The first-order chi connectivity index (χ1) is 12.0. The molecule has 1 amide bonds. The van der Waals surface area contributed by atoms with Crippen molar-refractivity contribution in [2.24, 2.45) is 0 Å². The number of benzene rings is 1. The summed E-state index contributed by atoms with van der Waals surface area (Å²) in [5.74, 6) is 1.09. The van der Waals surface area contributed by atoms with E-state index in [1.54, 1.807) is 19.1 Å². The molecule has 0 unspecified atom stereocenters. The predicted molar refractivity (Wildman–Crippen MR) is 96.8 cm³/mol. The van der Waals surface area contributed by atoms with Crippen molar-refractivity contribution in [1.82, 2.24) is 15.0 Å². The van der Waals surface area contributed by atoms with Crippen LogP contribution in [0.1, 0.15) is 54.2 Å². The molecule has 6 nitrogen and oxygen atoms in total. The van der Waals surface area contributed by atoms with E-state index in [0.717, 1.165) is 18.5 Å². The molecule has 1 aromatic heterocycles. The van der Waals surface area contributed by atoms with Crippen molar-refractivity contribution in [3.63, 3.8) is 0 Å². The largest absolute Gasteiger partial charge is 0.376 e. The summed E-state index contributed by atoms with van der Waals surface area (Å²) in [6, 6.07) is 5.69. The number of hydrogen-bond donors (Lipinski definition) is 1. The summed E-state index contributed by atoms with van der Waals surface area (Å²) in [7, 11) is 1.87. The molecule has 7 heteroatoms. The molecular formula is C18H23ClN4O2. The molecule has 1 N–H and O–H groups in total. The highest BCUT2D eigenvalue weighted by molar-refractivity contribution is 6.34. The fourth-order valence-corrected chi connectivity index (χ4v) is 3.47. The average molecular weight is 363 g/mol. The third-order valence-electron chi connectivity index (χ3n) is 4.66. The Morgan fingerprint density at radius 3 is 2.76 bits per heavy atom. The number of amides is 1. The van der Waals surface area contributed by atoms with Crippen LogP contribution >= 0.6 is 11.6 Å². The quantitative estimate of drug-likeness (QED) is 0.868. The van der Waals surface area contributed by atoms with E-state index >= 15 is 0 Å². The fraction of sp³-hybridized carbons (Fsp3) is 0.500. The van der Waals surface area contributed by atoms with Gasteiger partial charge in [0.25, 0.3) is 5.91 Å². The van der Waals surface area contributed by atoms with Crippen LogP contribution in [0.5, 0.6) is 0 Å². The Morgan fingerprint density at radius 2 is 2.12 bits per heavy atom. The van der Waals surface area contributed by atoms with E-state index in [4.69, 9.17) is 16.1 Å². The highest BCUT2D eigenvalue weighted by atomic mass is 35.5. The number of carbonyl (C=O) groups is 1. The van der Waals surface area contributed by atoms with Gasteiger partial charge in [0.1, 0.15) is 0 Å². The summed E-state index contributed by atoms with van der Waals surface area (Å²) in [5.41, 5.74) is 1.34. The lowest BCUT2D eigenvalue weighted by molar-refractivity contribution is 0.0696. The minimum atomic E-state index is -0.0176. The number of nitrogens with zero attached hydrogens (tertiary/aromatic N) is 3. The van der Waals surface area contributed by atoms with Gasteiger partial charge in [0.05, 0.1) is 17.1 Å². The summed E-state index contributed by atoms with van der Waals surface area (Å²) >= 11 is 6.35. The number of rotatable bonds is 5. The number of nitrogens with one attached hydrogen (secondary N) is 1. The predicted octanol–water partition coefficient (Wildman–Crippen LogP) is 4.05. The van der Waals surface area contributed by atoms with E-state index in [-0.39, 0.29) is 5.91 Å². The molecule has 0 atom stereocenters. The van der Waals surface area contributed by atoms with Crippen molar-refractivity contribution >= 4 is 23.2 Å². The summed E-state index contributed by atoms with van der Waals surface area (Å²) in [6.07, 6.45) is 5.79. The monoisotopic (exact) mass is 362 g/mol. The molecule has 134 valence electrons. The summed E-state index contributed by atoms with van der Waals surface area (Å²) in [4.78, 5) is 18.7. The van der Waals surface area contributed by atoms with Gasteiger partial charge in [-0.25, -0.2) is 0 Å². The molecule has 1 saturated carbocycles. The minimum absolute atomic E-state index is 0.0176. The van der Waals surface area contributed by atoms with Crippen LogP contribution in [0.15, 0.2) is 22.7 Å². The lowest BCUT2D eigenvalue weighted by atomic mass is 9.94. The fourth-order valence-electron chi connectivity index (χ4n) is 3.21. The maximum Gasteiger partial charge on any atom is 0.255 e. The van der Waals surface area contributed by atoms with E-state index < -0.39 is 0 Å². The van der Waals surface area contributed by atoms with Crippen molar-refractivity contribution < 1.29 is 9.32 Å². The molecule has 0 radical (unpaired) electrons. The Balaban J connectivity index is 1.65. The van der Waals surface area contributed by atoms with Crippen LogP contribution in [0.2, 0.25) is 5.02 Å². The van der Waals surface area contributed by atoms with E-state index in [9.17, 15) is 4.79 Å². The number of halogens is 1. The maximum atomic E-state index is 12.7. The van der Waals surface area contributed by atoms with Crippen molar-refractivity contribution in [3.05, 3.63) is 40.5 Å². The first-order valence-corrected chi connectivity index (χ1v) is 9.02. The standard InChI is InChI=1S/C18H23ClN4O2/c1-12-21-17(25-22-12)11-20-13-8-9-15(16(19)10-13)18(24)23(2)14-6-4-3-5-7-14/h8-10,14,20H,3-7,11H2,1-2H3. The molecule has 2 aromatic rings. The molecule has 0 spiro atoms. The van der Waals surface area contributed by atoms with E-state index in [1.807, 2.05) is 18.0 Å². The summed E-state index contributed by atoms with van der Waals surface area (Å²) in [6.45, 7) is 2.18. The SMILES string of the molecule is Cc1noc(CNc2ccc(C(=O)N(C)C3CCCCC3)c(Cl)c2)n1. The zero-order valence-electron chi connectivity index (χ0n) is 14.6. The number of anilines is 1. The van der Waals surface area contributed by atoms with Crippen molar-refractivity contribution in [2.75, 3.05) is 12.4 Å². The molecule has 1 aliphatic rings. The molecule has 1 aromatic carbocycles. The third-order valence-corrected chi connectivity index (χ3v) is 4.97. The summed E-state index contributed by atoms with van der Waals surface area (Å²) in [5, 5.41) is 7.36. The average Bonchev–Trinajstić information content (AvgIpc) is 3.05. The van der Waals surface area contributed by atoms with Gasteiger partial charge in [0.15, 0.2) is 5.82 Å². The van der Waals surface area contributed by atoms with Gasteiger partial charge >= 0.3 is 0 Å². The van der Waals surface area contributed by atoms with Gasteiger partial charge in [-0.05, 0) is 38.0 Å². The molecule has 25 heavy (non-hydrogen) atoms. The Labute approximate surface area is 152 Å². The molecule has 0 aliphatic heterocycles. The molecule has 1 aliphatic carbocycles. The van der Waals surface area contributed by atoms with Gasteiger partial charge in [-0.2, -0.15) is 4.98 Å². The highest BCUT2D eigenvalue weighted by Gasteiger charge is 2.24. The van der Waals surface area contributed by atoms with Gasteiger partial charge in [0, 0.05) is 18.8 Å². The second-order valence-corrected chi connectivity index (χ2v) is 6.90. The normalized spacial score (nSPS) is 15.2. The van der Waals surface area contributed by atoms with E-state index in [1.165, 1.54) is 19.3 Å². The van der Waals surface area contributed by atoms with Crippen molar-refractivity contribution in [2.45, 2.75) is 51.6 Å². The number of aromatic nitrogens is 2. The Morgan fingerprint density at radius 1 is 1.36 bits per heavy atom. The van der Waals surface area contributed by atoms with Gasteiger partial charge in [0.2, 0.25) is 5.89 Å². The Kier molecular flexibility index (Phi) is 5.58. The van der Waals surface area contributed by atoms with E-state index in [0.29, 0.717) is 34.9 Å². The van der Waals surface area contributed by atoms with Gasteiger partial charge < -0.3 is 14.7 Å². The van der Waals surface area contributed by atoms with E-state index in [2.05, 4.69) is 15.5 Å².